The van der Waals surface area contributed by atoms with E-state index >= 15 is 0 Å². The predicted octanol–water partition coefficient (Wildman–Crippen LogP) is 3.90. The summed E-state index contributed by atoms with van der Waals surface area (Å²) in [5.74, 6) is -0.227. The van der Waals surface area contributed by atoms with Gasteiger partial charge in [-0.05, 0) is 24.3 Å². The molecule has 0 aliphatic carbocycles. The zero-order valence-corrected chi connectivity index (χ0v) is 18.1. The number of benzene rings is 2. The summed E-state index contributed by atoms with van der Waals surface area (Å²) in [6, 6.07) is 13.2. The van der Waals surface area contributed by atoms with Gasteiger partial charge in [0.1, 0.15) is 0 Å². The highest BCUT2D eigenvalue weighted by molar-refractivity contribution is 6.42. The first kappa shape index (κ1) is 20.6. The van der Waals surface area contributed by atoms with Crippen molar-refractivity contribution in [2.75, 3.05) is 44.7 Å². The molecule has 2 heterocycles. The maximum atomic E-state index is 12.8. The number of carbonyl (C=O) groups is 2. The van der Waals surface area contributed by atoms with Gasteiger partial charge in [0, 0.05) is 56.0 Å². The summed E-state index contributed by atoms with van der Waals surface area (Å²) in [6.07, 6.45) is 1.70. The minimum atomic E-state index is -0.171. The largest absolute Gasteiger partial charge is 0.368 e. The Hall–Kier alpha value is -2.70. The second-order valence-corrected chi connectivity index (χ2v) is 8.19. The molecule has 4 rings (SSSR count). The number of aromatic nitrogens is 1. The van der Waals surface area contributed by atoms with Crippen molar-refractivity contribution in [1.82, 2.24) is 14.8 Å². The Morgan fingerprint density at radius 2 is 1.77 bits per heavy atom. The van der Waals surface area contributed by atoms with Crippen LogP contribution in [0.5, 0.6) is 0 Å². The highest BCUT2D eigenvalue weighted by Crippen LogP contribution is 2.27. The number of nitrogens with one attached hydrogen (secondary N) is 1. The fraction of sp³-hybridized carbons (Fsp3) is 0.273. The molecule has 0 saturated carbocycles. The van der Waals surface area contributed by atoms with E-state index < -0.39 is 0 Å². The summed E-state index contributed by atoms with van der Waals surface area (Å²) in [5, 5.41) is 1.90. The van der Waals surface area contributed by atoms with Crippen molar-refractivity contribution < 1.29 is 9.59 Å². The molecule has 0 spiro atoms. The zero-order valence-electron chi connectivity index (χ0n) is 16.6. The van der Waals surface area contributed by atoms with Gasteiger partial charge in [0.15, 0.2) is 0 Å². The summed E-state index contributed by atoms with van der Waals surface area (Å²) < 4.78 is 0. The first-order valence-electron chi connectivity index (χ1n) is 9.73. The topological polar surface area (TPSA) is 59.7 Å². The number of aromatic amines is 1. The van der Waals surface area contributed by atoms with E-state index in [4.69, 9.17) is 23.2 Å². The lowest BCUT2D eigenvalue weighted by atomic mass is 10.1. The Morgan fingerprint density at radius 1 is 1.03 bits per heavy atom. The summed E-state index contributed by atoms with van der Waals surface area (Å²) >= 11 is 12.1. The lowest BCUT2D eigenvalue weighted by Gasteiger charge is -2.36. The molecule has 2 aromatic carbocycles. The average Bonchev–Trinajstić information content (AvgIpc) is 3.19. The van der Waals surface area contributed by atoms with Gasteiger partial charge >= 0.3 is 0 Å². The standard InChI is InChI=1S/C22H22Cl2N4O2/c1-26(22(30)17-13-25-20-5-3-2-4-16(17)20)14-21(29)28-10-8-27(9-11-28)15-6-7-18(23)19(24)12-15/h2-7,12-13,25H,8-11,14H2,1H3. The molecule has 1 saturated heterocycles. The summed E-state index contributed by atoms with van der Waals surface area (Å²) in [6.45, 7) is 2.63. The Labute approximate surface area is 185 Å². The van der Waals surface area contributed by atoms with Gasteiger partial charge in [-0.15, -0.1) is 0 Å². The molecule has 1 fully saturated rings. The number of likely N-dealkylation sites (N-methyl/N-ethyl adjacent to an activating group) is 1. The number of anilines is 1. The molecule has 1 N–H and O–H groups in total. The Morgan fingerprint density at radius 3 is 2.50 bits per heavy atom. The van der Waals surface area contributed by atoms with Crippen molar-refractivity contribution in [1.29, 1.82) is 0 Å². The van der Waals surface area contributed by atoms with Crippen molar-refractivity contribution in [3.05, 3.63) is 64.3 Å². The maximum absolute atomic E-state index is 12.8. The number of nitrogens with zero attached hydrogens (tertiary/aromatic N) is 3. The zero-order chi connectivity index (χ0) is 21.3. The van der Waals surface area contributed by atoms with Gasteiger partial charge in [0.05, 0.1) is 22.2 Å². The summed E-state index contributed by atoms with van der Waals surface area (Å²) in [5.41, 5.74) is 2.47. The number of carbonyl (C=O) groups excluding carboxylic acids is 2. The molecular formula is C22H22Cl2N4O2. The van der Waals surface area contributed by atoms with Crippen molar-refractivity contribution in [3.8, 4) is 0 Å². The molecule has 30 heavy (non-hydrogen) atoms. The number of amides is 2. The van der Waals surface area contributed by atoms with Crippen LogP contribution in [-0.2, 0) is 4.79 Å². The predicted molar refractivity (Wildman–Crippen MR) is 121 cm³/mol. The van der Waals surface area contributed by atoms with Gasteiger partial charge in [-0.3, -0.25) is 9.59 Å². The highest BCUT2D eigenvalue weighted by Gasteiger charge is 2.25. The lowest BCUT2D eigenvalue weighted by molar-refractivity contribution is -0.131. The molecule has 1 aliphatic rings. The Kier molecular flexibility index (Phi) is 5.88. The minimum Gasteiger partial charge on any atom is -0.368 e. The third-order valence-electron chi connectivity index (χ3n) is 5.44. The minimum absolute atomic E-state index is 0.0467. The van der Waals surface area contributed by atoms with Crippen LogP contribution in [0.25, 0.3) is 10.9 Å². The van der Waals surface area contributed by atoms with Crippen molar-refractivity contribution in [3.63, 3.8) is 0 Å². The smallest absolute Gasteiger partial charge is 0.256 e. The number of fused-ring (bicyclic) bond motifs is 1. The van der Waals surface area contributed by atoms with Crippen molar-refractivity contribution in [2.45, 2.75) is 0 Å². The number of halogens is 2. The summed E-state index contributed by atoms with van der Waals surface area (Å²) in [7, 11) is 1.66. The van der Waals surface area contributed by atoms with Crippen LogP contribution in [0.1, 0.15) is 10.4 Å². The van der Waals surface area contributed by atoms with Gasteiger partial charge in [-0.1, -0.05) is 41.4 Å². The van der Waals surface area contributed by atoms with Crippen molar-refractivity contribution in [2.24, 2.45) is 0 Å². The van der Waals surface area contributed by atoms with E-state index in [-0.39, 0.29) is 18.4 Å². The number of hydrogen-bond donors (Lipinski definition) is 1. The number of hydrogen-bond acceptors (Lipinski definition) is 3. The molecule has 6 nitrogen and oxygen atoms in total. The fourth-order valence-corrected chi connectivity index (χ4v) is 4.02. The number of rotatable bonds is 4. The number of H-pyrrole nitrogens is 1. The van der Waals surface area contributed by atoms with Crippen LogP contribution < -0.4 is 4.90 Å². The first-order chi connectivity index (χ1) is 14.4. The van der Waals surface area contributed by atoms with Gasteiger partial charge in [-0.2, -0.15) is 0 Å². The van der Waals surface area contributed by atoms with E-state index in [0.29, 0.717) is 41.8 Å². The summed E-state index contributed by atoms with van der Waals surface area (Å²) in [4.78, 5) is 34.1. The maximum Gasteiger partial charge on any atom is 0.256 e. The molecule has 2 amide bonds. The van der Waals surface area contributed by atoms with Gasteiger partial charge in [0.2, 0.25) is 5.91 Å². The molecule has 0 unspecified atom stereocenters. The molecule has 0 radical (unpaired) electrons. The number of para-hydroxylation sites is 1. The SMILES string of the molecule is CN(CC(=O)N1CCN(c2ccc(Cl)c(Cl)c2)CC1)C(=O)c1c[nH]c2ccccc12. The van der Waals surface area contributed by atoms with Crippen LogP contribution in [0.3, 0.4) is 0 Å². The normalized spacial score (nSPS) is 14.2. The second kappa shape index (κ2) is 8.58. The van der Waals surface area contributed by atoms with Gasteiger partial charge in [0.25, 0.3) is 5.91 Å². The first-order valence-corrected chi connectivity index (χ1v) is 10.5. The van der Waals surface area contributed by atoms with Crippen molar-refractivity contribution >= 4 is 51.6 Å². The highest BCUT2D eigenvalue weighted by atomic mass is 35.5. The van der Waals surface area contributed by atoms with Crippen LogP contribution in [0.4, 0.5) is 5.69 Å². The van der Waals surface area contributed by atoms with E-state index in [9.17, 15) is 9.59 Å². The van der Waals surface area contributed by atoms with Crippen LogP contribution in [-0.4, -0.2) is 66.4 Å². The van der Waals surface area contributed by atoms with Gasteiger partial charge in [-0.25, -0.2) is 0 Å². The lowest BCUT2D eigenvalue weighted by Crippen LogP contribution is -2.51. The van der Waals surface area contributed by atoms with E-state index in [1.165, 1.54) is 4.90 Å². The molecule has 0 bridgehead atoms. The monoisotopic (exact) mass is 444 g/mol. The molecule has 1 aliphatic heterocycles. The molecule has 8 heteroatoms. The van der Waals surface area contributed by atoms with Crippen LogP contribution in [0.15, 0.2) is 48.7 Å². The Balaban J connectivity index is 1.35. The van der Waals surface area contributed by atoms with Gasteiger partial charge < -0.3 is 19.7 Å². The van der Waals surface area contributed by atoms with Crippen LogP contribution in [0, 0.1) is 0 Å². The van der Waals surface area contributed by atoms with Crippen LogP contribution >= 0.6 is 23.2 Å². The average molecular weight is 445 g/mol. The van der Waals surface area contributed by atoms with Crippen LogP contribution in [0.2, 0.25) is 10.0 Å². The molecular weight excluding hydrogens is 423 g/mol. The third-order valence-corrected chi connectivity index (χ3v) is 6.18. The number of piperazine rings is 1. The Bertz CT molecular complexity index is 1090. The van der Waals surface area contributed by atoms with E-state index in [1.807, 2.05) is 36.4 Å². The molecule has 3 aromatic rings. The van der Waals surface area contributed by atoms with E-state index in [1.54, 1.807) is 24.2 Å². The third kappa shape index (κ3) is 4.11. The van der Waals surface area contributed by atoms with E-state index in [2.05, 4.69) is 9.88 Å². The molecule has 0 atom stereocenters. The molecule has 156 valence electrons. The fourth-order valence-electron chi connectivity index (χ4n) is 3.72. The molecule has 1 aromatic heterocycles. The van der Waals surface area contributed by atoms with E-state index in [0.717, 1.165) is 16.6 Å². The second-order valence-electron chi connectivity index (χ2n) is 7.38. The quantitative estimate of drug-likeness (QED) is 0.663.